The van der Waals surface area contributed by atoms with Crippen molar-refractivity contribution < 1.29 is 13.2 Å². The van der Waals surface area contributed by atoms with Crippen LogP contribution >= 0.6 is 0 Å². The summed E-state index contributed by atoms with van der Waals surface area (Å²) in [5.41, 5.74) is 7.72. The number of nitrogens with zero attached hydrogens (tertiary/aromatic N) is 3. The van der Waals surface area contributed by atoms with E-state index < -0.39 is 11.6 Å². The van der Waals surface area contributed by atoms with Crippen LogP contribution in [0.15, 0.2) is 33.5 Å². The first-order valence-corrected chi connectivity index (χ1v) is 10.1. The van der Waals surface area contributed by atoms with Gasteiger partial charge in [-0.1, -0.05) is 6.07 Å². The smallest absolute Gasteiger partial charge is 0.281 e. The molecule has 1 aliphatic carbocycles. The fourth-order valence-corrected chi connectivity index (χ4v) is 4.18. The minimum atomic E-state index is -0.686. The van der Waals surface area contributed by atoms with Crippen molar-refractivity contribution in [1.82, 2.24) is 14.5 Å². The number of aromatic nitrogens is 2. The van der Waals surface area contributed by atoms with Gasteiger partial charge in [0, 0.05) is 23.1 Å². The van der Waals surface area contributed by atoms with Crippen LogP contribution in [0.4, 0.5) is 14.5 Å². The molecule has 0 saturated heterocycles. The predicted molar refractivity (Wildman–Crippen MR) is 116 cm³/mol. The van der Waals surface area contributed by atoms with Gasteiger partial charge in [0.1, 0.15) is 11.6 Å². The largest absolute Gasteiger partial charge is 0.438 e. The molecular weight excluding hydrogens is 402 g/mol. The number of benzene rings is 2. The lowest BCUT2D eigenvalue weighted by molar-refractivity contribution is 0.349. The van der Waals surface area contributed by atoms with Crippen LogP contribution in [0.2, 0.25) is 0 Å². The summed E-state index contributed by atoms with van der Waals surface area (Å²) >= 11 is 0. The molecule has 5 rings (SSSR count). The number of pyridine rings is 1. The normalized spacial score (nSPS) is 14.3. The molecule has 2 aromatic carbocycles. The van der Waals surface area contributed by atoms with Gasteiger partial charge in [-0.05, 0) is 57.1 Å². The highest BCUT2D eigenvalue weighted by molar-refractivity contribution is 6.04. The summed E-state index contributed by atoms with van der Waals surface area (Å²) < 4.78 is 36.5. The summed E-state index contributed by atoms with van der Waals surface area (Å²) in [6.45, 7) is 2.28. The van der Waals surface area contributed by atoms with E-state index in [1.807, 2.05) is 25.9 Å². The van der Waals surface area contributed by atoms with Crippen LogP contribution < -0.4 is 11.3 Å². The summed E-state index contributed by atoms with van der Waals surface area (Å²) in [5.74, 6) is -0.842. The summed E-state index contributed by atoms with van der Waals surface area (Å²) in [6, 6.07) is 5.66. The van der Waals surface area contributed by atoms with E-state index in [1.165, 1.54) is 0 Å². The second-order valence-corrected chi connectivity index (χ2v) is 8.42. The minimum Gasteiger partial charge on any atom is -0.438 e. The number of nitrogen functional groups attached to an aromatic ring is 1. The number of anilines is 1. The summed E-state index contributed by atoms with van der Waals surface area (Å²) in [4.78, 5) is 19.7. The molecule has 2 heterocycles. The molecule has 6 nitrogen and oxygen atoms in total. The maximum absolute atomic E-state index is 14.7. The number of nitrogens with two attached hydrogens (primary N) is 1. The molecule has 8 heteroatoms. The highest BCUT2D eigenvalue weighted by Crippen LogP contribution is 2.41. The van der Waals surface area contributed by atoms with Gasteiger partial charge >= 0.3 is 0 Å². The van der Waals surface area contributed by atoms with Crippen molar-refractivity contribution in [2.24, 2.45) is 0 Å². The molecular formula is C23H22F2N4O2. The van der Waals surface area contributed by atoms with Gasteiger partial charge in [0.25, 0.3) is 5.56 Å². The maximum Gasteiger partial charge on any atom is 0.281 e. The second-order valence-electron chi connectivity index (χ2n) is 8.42. The van der Waals surface area contributed by atoms with Crippen molar-refractivity contribution in [3.63, 3.8) is 0 Å². The van der Waals surface area contributed by atoms with E-state index in [2.05, 4.69) is 4.98 Å². The Morgan fingerprint density at radius 2 is 1.94 bits per heavy atom. The molecule has 4 aromatic rings. The Balaban J connectivity index is 1.85. The number of oxazole rings is 1. The molecule has 160 valence electrons. The summed E-state index contributed by atoms with van der Waals surface area (Å²) in [7, 11) is 3.79. The molecule has 0 amide bonds. The van der Waals surface area contributed by atoms with Gasteiger partial charge in [0.05, 0.1) is 17.7 Å². The van der Waals surface area contributed by atoms with E-state index in [1.54, 1.807) is 16.7 Å². The lowest BCUT2D eigenvalue weighted by Gasteiger charge is -2.16. The molecule has 0 unspecified atom stereocenters. The van der Waals surface area contributed by atoms with E-state index in [0.717, 1.165) is 30.4 Å². The number of aryl methyl sites for hydroxylation is 1. The number of fused-ring (bicyclic) bond motifs is 3. The first kappa shape index (κ1) is 19.7. The predicted octanol–water partition coefficient (Wildman–Crippen LogP) is 4.38. The molecule has 0 spiro atoms. The van der Waals surface area contributed by atoms with Crippen LogP contribution in [-0.2, 0) is 6.54 Å². The average molecular weight is 424 g/mol. The zero-order chi connectivity index (χ0) is 22.0. The van der Waals surface area contributed by atoms with Gasteiger partial charge in [-0.3, -0.25) is 4.79 Å². The number of halogens is 2. The SMILES string of the molecule is Cc1c(-c2cc(F)c(N)cc2F)ccc2c3oc(CN(C)C)nc3c(=O)n(C3CC3)c12. The first-order chi connectivity index (χ1) is 14.8. The fraction of sp³-hybridized carbons (Fsp3) is 0.304. The van der Waals surface area contributed by atoms with E-state index in [0.29, 0.717) is 40.2 Å². The van der Waals surface area contributed by atoms with Crippen LogP contribution in [0.5, 0.6) is 0 Å². The average Bonchev–Trinajstić information content (AvgIpc) is 3.45. The van der Waals surface area contributed by atoms with E-state index >= 15 is 0 Å². The van der Waals surface area contributed by atoms with Crippen LogP contribution in [-0.4, -0.2) is 28.5 Å². The van der Waals surface area contributed by atoms with Gasteiger partial charge in [0.15, 0.2) is 11.1 Å². The quantitative estimate of drug-likeness (QED) is 0.492. The van der Waals surface area contributed by atoms with Gasteiger partial charge in [-0.2, -0.15) is 0 Å². The van der Waals surface area contributed by atoms with E-state index in [9.17, 15) is 13.6 Å². The van der Waals surface area contributed by atoms with Crippen molar-refractivity contribution >= 4 is 27.7 Å². The minimum absolute atomic E-state index is 0.0651. The third-order valence-electron chi connectivity index (χ3n) is 5.75. The second kappa shape index (κ2) is 6.88. The molecule has 0 atom stereocenters. The van der Waals surface area contributed by atoms with Crippen LogP contribution in [0.25, 0.3) is 33.1 Å². The highest BCUT2D eigenvalue weighted by atomic mass is 19.1. The van der Waals surface area contributed by atoms with Crippen molar-refractivity contribution in [1.29, 1.82) is 0 Å². The highest BCUT2D eigenvalue weighted by Gasteiger charge is 2.30. The Hall–Kier alpha value is -3.26. The van der Waals surface area contributed by atoms with Crippen molar-refractivity contribution in [3.05, 3.63) is 57.7 Å². The zero-order valence-electron chi connectivity index (χ0n) is 17.5. The van der Waals surface area contributed by atoms with E-state index in [-0.39, 0.29) is 22.9 Å². The standard InChI is InChI=1S/C23H22F2N4O2/c1-11-13(15-8-17(25)18(26)9-16(15)24)6-7-14-21(11)29(12-4-5-12)23(30)20-22(14)31-19(27-20)10-28(2)3/h6-9,12H,4-5,10,26H2,1-3H3. The van der Waals surface area contributed by atoms with Crippen LogP contribution in [0, 0.1) is 18.6 Å². The van der Waals surface area contributed by atoms with Crippen LogP contribution in [0.1, 0.15) is 30.3 Å². The zero-order valence-corrected chi connectivity index (χ0v) is 17.5. The number of hydrogen-bond donors (Lipinski definition) is 1. The van der Waals surface area contributed by atoms with Gasteiger partial charge in [-0.15, -0.1) is 0 Å². The molecule has 1 aliphatic rings. The van der Waals surface area contributed by atoms with Crippen molar-refractivity contribution in [2.45, 2.75) is 32.4 Å². The van der Waals surface area contributed by atoms with Crippen molar-refractivity contribution in [3.8, 4) is 11.1 Å². The molecule has 0 radical (unpaired) electrons. The lowest BCUT2D eigenvalue weighted by Crippen LogP contribution is -2.21. The van der Waals surface area contributed by atoms with Gasteiger partial charge in [-0.25, -0.2) is 13.8 Å². The topological polar surface area (TPSA) is 77.3 Å². The summed E-state index contributed by atoms with van der Waals surface area (Å²) in [6.07, 6.45) is 1.77. The number of hydrogen-bond acceptors (Lipinski definition) is 5. The molecule has 31 heavy (non-hydrogen) atoms. The Morgan fingerprint density at radius 1 is 1.19 bits per heavy atom. The lowest BCUT2D eigenvalue weighted by atomic mass is 9.96. The third kappa shape index (κ3) is 3.09. The third-order valence-corrected chi connectivity index (χ3v) is 5.75. The maximum atomic E-state index is 14.7. The van der Waals surface area contributed by atoms with E-state index in [4.69, 9.17) is 10.2 Å². The van der Waals surface area contributed by atoms with Crippen LogP contribution in [0.3, 0.4) is 0 Å². The molecule has 0 bridgehead atoms. The van der Waals surface area contributed by atoms with Gasteiger partial charge < -0.3 is 19.6 Å². The first-order valence-electron chi connectivity index (χ1n) is 10.1. The molecule has 1 fully saturated rings. The molecule has 0 aliphatic heterocycles. The van der Waals surface area contributed by atoms with Gasteiger partial charge in [0.2, 0.25) is 5.89 Å². The summed E-state index contributed by atoms with van der Waals surface area (Å²) in [5, 5.41) is 0.733. The van der Waals surface area contributed by atoms with Crippen molar-refractivity contribution in [2.75, 3.05) is 19.8 Å². The Morgan fingerprint density at radius 3 is 2.61 bits per heavy atom. The Bertz CT molecular complexity index is 1420. The Kier molecular flexibility index (Phi) is 4.37. The monoisotopic (exact) mass is 424 g/mol. The molecule has 2 N–H and O–H groups in total. The Labute approximate surface area is 176 Å². The molecule has 2 aromatic heterocycles. The fourth-order valence-electron chi connectivity index (χ4n) is 4.18. The number of rotatable bonds is 4. The molecule has 1 saturated carbocycles.